The van der Waals surface area contributed by atoms with E-state index in [2.05, 4.69) is 37.1 Å². The SMILES string of the molecule is CC(C)(C)NC(C#N)CN1CCOCC1. The van der Waals surface area contributed by atoms with Gasteiger partial charge in [-0.1, -0.05) is 0 Å². The summed E-state index contributed by atoms with van der Waals surface area (Å²) in [5, 5.41) is 12.4. The number of hydrogen-bond donors (Lipinski definition) is 1. The van der Waals surface area contributed by atoms with E-state index >= 15 is 0 Å². The van der Waals surface area contributed by atoms with Crippen LogP contribution in [0.25, 0.3) is 0 Å². The Kier molecular flexibility index (Phi) is 4.52. The van der Waals surface area contributed by atoms with Crippen LogP contribution in [0.2, 0.25) is 0 Å². The second kappa shape index (κ2) is 5.45. The molecule has 1 N–H and O–H groups in total. The Morgan fingerprint density at radius 3 is 2.47 bits per heavy atom. The molecule has 0 bridgehead atoms. The van der Waals surface area contributed by atoms with Gasteiger partial charge in [0, 0.05) is 25.2 Å². The molecule has 0 aromatic heterocycles. The van der Waals surface area contributed by atoms with E-state index in [0.29, 0.717) is 0 Å². The molecule has 1 heterocycles. The van der Waals surface area contributed by atoms with Crippen molar-refractivity contribution in [2.24, 2.45) is 0 Å². The summed E-state index contributed by atoms with van der Waals surface area (Å²) in [6, 6.07) is 2.22. The molecule has 1 fully saturated rings. The summed E-state index contributed by atoms with van der Waals surface area (Å²) in [5.74, 6) is 0. The summed E-state index contributed by atoms with van der Waals surface area (Å²) in [4.78, 5) is 2.27. The highest BCUT2D eigenvalue weighted by Gasteiger charge is 2.20. The molecule has 0 amide bonds. The van der Waals surface area contributed by atoms with Gasteiger partial charge in [0.1, 0.15) is 6.04 Å². The average molecular weight is 211 g/mol. The lowest BCUT2D eigenvalue weighted by Gasteiger charge is -2.31. The number of rotatable bonds is 3. The second-order valence-corrected chi connectivity index (χ2v) is 4.99. The van der Waals surface area contributed by atoms with Gasteiger partial charge in [0.25, 0.3) is 0 Å². The van der Waals surface area contributed by atoms with Crippen molar-refractivity contribution in [2.45, 2.75) is 32.4 Å². The van der Waals surface area contributed by atoms with Crippen LogP contribution in [0, 0.1) is 11.3 Å². The molecule has 4 nitrogen and oxygen atoms in total. The van der Waals surface area contributed by atoms with Crippen LogP contribution in [0.5, 0.6) is 0 Å². The van der Waals surface area contributed by atoms with Gasteiger partial charge in [0.15, 0.2) is 0 Å². The summed E-state index contributed by atoms with van der Waals surface area (Å²) in [7, 11) is 0. The fourth-order valence-corrected chi connectivity index (χ4v) is 1.68. The van der Waals surface area contributed by atoms with Gasteiger partial charge in [-0.05, 0) is 20.8 Å². The topological polar surface area (TPSA) is 48.3 Å². The van der Waals surface area contributed by atoms with Gasteiger partial charge >= 0.3 is 0 Å². The van der Waals surface area contributed by atoms with E-state index in [0.717, 1.165) is 32.8 Å². The number of ether oxygens (including phenoxy) is 1. The molecule has 0 aromatic carbocycles. The largest absolute Gasteiger partial charge is 0.379 e. The molecule has 1 aliphatic heterocycles. The average Bonchev–Trinajstić information content (AvgIpc) is 2.16. The van der Waals surface area contributed by atoms with E-state index in [1.807, 2.05) is 0 Å². The number of nitrogens with zero attached hydrogens (tertiary/aromatic N) is 2. The first-order chi connectivity index (χ1) is 7.01. The molecule has 1 saturated heterocycles. The smallest absolute Gasteiger partial charge is 0.108 e. The van der Waals surface area contributed by atoms with Crippen molar-refractivity contribution in [3.05, 3.63) is 0 Å². The van der Waals surface area contributed by atoms with Crippen LogP contribution >= 0.6 is 0 Å². The van der Waals surface area contributed by atoms with E-state index in [4.69, 9.17) is 10.00 Å². The monoisotopic (exact) mass is 211 g/mol. The summed E-state index contributed by atoms with van der Waals surface area (Å²) in [6.07, 6.45) is 0. The standard InChI is InChI=1S/C11H21N3O/c1-11(2,3)13-10(8-12)9-14-4-6-15-7-5-14/h10,13H,4-7,9H2,1-3H3. The van der Waals surface area contributed by atoms with Crippen molar-refractivity contribution in [3.8, 4) is 6.07 Å². The molecule has 1 rings (SSSR count). The van der Waals surface area contributed by atoms with Crippen molar-refractivity contribution in [1.29, 1.82) is 5.26 Å². The van der Waals surface area contributed by atoms with E-state index in [1.165, 1.54) is 0 Å². The van der Waals surface area contributed by atoms with Crippen LogP contribution in [0.4, 0.5) is 0 Å². The zero-order valence-corrected chi connectivity index (χ0v) is 9.92. The minimum Gasteiger partial charge on any atom is -0.379 e. The summed E-state index contributed by atoms with van der Waals surface area (Å²) >= 11 is 0. The van der Waals surface area contributed by atoms with Gasteiger partial charge < -0.3 is 4.74 Å². The lowest BCUT2D eigenvalue weighted by atomic mass is 10.1. The molecule has 0 aromatic rings. The molecular weight excluding hydrogens is 190 g/mol. The zero-order valence-electron chi connectivity index (χ0n) is 9.92. The van der Waals surface area contributed by atoms with E-state index in [9.17, 15) is 0 Å². The lowest BCUT2D eigenvalue weighted by molar-refractivity contribution is 0.0349. The van der Waals surface area contributed by atoms with Crippen molar-refractivity contribution >= 4 is 0 Å². The Bertz CT molecular complexity index is 223. The molecule has 4 heteroatoms. The van der Waals surface area contributed by atoms with Crippen molar-refractivity contribution < 1.29 is 4.74 Å². The first-order valence-corrected chi connectivity index (χ1v) is 5.49. The number of nitriles is 1. The molecule has 1 aliphatic rings. The third kappa shape index (κ3) is 5.12. The molecule has 0 radical (unpaired) electrons. The highest BCUT2D eigenvalue weighted by atomic mass is 16.5. The zero-order chi connectivity index (χ0) is 11.3. The number of hydrogen-bond acceptors (Lipinski definition) is 4. The Morgan fingerprint density at radius 2 is 2.00 bits per heavy atom. The summed E-state index contributed by atoms with van der Waals surface area (Å²) in [5.41, 5.74) is -0.00726. The first-order valence-electron chi connectivity index (χ1n) is 5.49. The van der Waals surface area contributed by atoms with E-state index < -0.39 is 0 Å². The van der Waals surface area contributed by atoms with Crippen LogP contribution in [-0.4, -0.2) is 49.3 Å². The van der Waals surface area contributed by atoms with E-state index in [1.54, 1.807) is 0 Å². The normalized spacial score (nSPS) is 20.9. The Hall–Kier alpha value is -0.630. The third-order valence-electron chi connectivity index (χ3n) is 2.31. The minimum absolute atomic E-state index is 0.00726. The first kappa shape index (κ1) is 12.4. The van der Waals surface area contributed by atoms with Gasteiger partial charge in [0.05, 0.1) is 19.3 Å². The number of nitrogens with one attached hydrogen (secondary N) is 1. The minimum atomic E-state index is -0.0944. The molecule has 0 spiro atoms. The van der Waals surface area contributed by atoms with Gasteiger partial charge in [0.2, 0.25) is 0 Å². The highest BCUT2D eigenvalue weighted by Crippen LogP contribution is 2.04. The second-order valence-electron chi connectivity index (χ2n) is 4.99. The van der Waals surface area contributed by atoms with Gasteiger partial charge in [-0.15, -0.1) is 0 Å². The maximum absolute atomic E-state index is 9.05. The Balaban J connectivity index is 2.36. The molecule has 86 valence electrons. The summed E-state index contributed by atoms with van der Waals surface area (Å²) < 4.78 is 5.27. The highest BCUT2D eigenvalue weighted by molar-refractivity contribution is 4.95. The lowest BCUT2D eigenvalue weighted by Crippen LogP contribution is -2.50. The van der Waals surface area contributed by atoms with Gasteiger partial charge in [-0.25, -0.2) is 0 Å². The molecule has 1 unspecified atom stereocenters. The fraction of sp³-hybridized carbons (Fsp3) is 0.909. The van der Waals surface area contributed by atoms with Crippen LogP contribution in [-0.2, 0) is 4.74 Å². The molecule has 1 atom stereocenters. The number of morpholine rings is 1. The predicted octanol–water partition coefficient (Wildman–Crippen LogP) is 0.599. The predicted molar refractivity (Wildman–Crippen MR) is 59.5 cm³/mol. The Morgan fingerprint density at radius 1 is 1.40 bits per heavy atom. The fourth-order valence-electron chi connectivity index (χ4n) is 1.68. The maximum Gasteiger partial charge on any atom is 0.108 e. The van der Waals surface area contributed by atoms with Gasteiger partial charge in [-0.2, -0.15) is 5.26 Å². The Labute approximate surface area is 92.2 Å². The van der Waals surface area contributed by atoms with Crippen LogP contribution in [0.1, 0.15) is 20.8 Å². The van der Waals surface area contributed by atoms with Crippen LogP contribution < -0.4 is 5.32 Å². The summed E-state index contributed by atoms with van der Waals surface area (Å²) in [6.45, 7) is 10.5. The third-order valence-corrected chi connectivity index (χ3v) is 2.31. The molecular formula is C11H21N3O. The van der Waals surface area contributed by atoms with E-state index in [-0.39, 0.29) is 11.6 Å². The quantitative estimate of drug-likeness (QED) is 0.742. The van der Waals surface area contributed by atoms with Crippen molar-refractivity contribution in [3.63, 3.8) is 0 Å². The van der Waals surface area contributed by atoms with Crippen molar-refractivity contribution in [2.75, 3.05) is 32.8 Å². The maximum atomic E-state index is 9.05. The van der Waals surface area contributed by atoms with Crippen LogP contribution in [0.15, 0.2) is 0 Å². The molecule has 0 saturated carbocycles. The molecule has 15 heavy (non-hydrogen) atoms. The van der Waals surface area contributed by atoms with Gasteiger partial charge in [-0.3, -0.25) is 10.2 Å². The van der Waals surface area contributed by atoms with Crippen LogP contribution in [0.3, 0.4) is 0 Å². The van der Waals surface area contributed by atoms with Crippen molar-refractivity contribution in [1.82, 2.24) is 10.2 Å². The molecule has 0 aliphatic carbocycles.